The van der Waals surface area contributed by atoms with Crippen molar-refractivity contribution in [3.05, 3.63) is 100 Å². The maximum Gasteiger partial charge on any atom is 0.145 e. The Balaban J connectivity index is 0.000000180. The summed E-state index contributed by atoms with van der Waals surface area (Å²) in [5.41, 5.74) is 12.2. The molecule has 3 nitrogen and oxygen atoms in total. The molecule has 0 aliphatic heterocycles. The van der Waals surface area contributed by atoms with E-state index >= 15 is 0 Å². The molecule has 0 bridgehead atoms. The second kappa shape index (κ2) is 14.1. The minimum Gasteiger partial charge on any atom is -0.425 e. The number of aliphatic hydroxyl groups is 1. The van der Waals surface area contributed by atoms with Crippen molar-refractivity contribution in [3.8, 4) is 5.75 Å². The average Bonchev–Trinajstić information content (AvgIpc) is 3.01. The Morgan fingerprint density at radius 1 is 0.951 bits per heavy atom. The molecule has 0 spiro atoms. The van der Waals surface area contributed by atoms with E-state index in [1.54, 1.807) is 0 Å². The summed E-state index contributed by atoms with van der Waals surface area (Å²) in [6, 6.07) is 22.2. The van der Waals surface area contributed by atoms with Crippen LogP contribution in [0.15, 0.2) is 72.8 Å². The molecule has 5 aromatic carbocycles. The third-order valence-electron chi connectivity index (χ3n) is 7.31. The Morgan fingerprint density at radius 3 is 2.37 bits per heavy atom. The monoisotopic (exact) mass is 585 g/mol. The third kappa shape index (κ3) is 6.21. The Bertz CT molecular complexity index is 1690. The number of hydrogen-bond donors (Lipinski definition) is 2. The first-order valence-corrected chi connectivity index (χ1v) is 15.8. The fraction of sp³-hybridized carbons (Fsp3) is 0.278. The normalized spacial score (nSPS) is 12.1. The zero-order valence-electron chi connectivity index (χ0n) is 24.6. The molecular weight excluding hydrogens is 546 g/mol. The average molecular weight is 586 g/mol. The van der Waals surface area contributed by atoms with Crippen LogP contribution in [-0.4, -0.2) is 10.9 Å². The molecule has 6 rings (SSSR count). The van der Waals surface area contributed by atoms with Crippen molar-refractivity contribution < 1.29 is 9.29 Å². The molecule has 0 saturated carbocycles. The van der Waals surface area contributed by atoms with Gasteiger partial charge in [-0.2, -0.15) is 0 Å². The van der Waals surface area contributed by atoms with Gasteiger partial charge in [-0.05, 0) is 63.9 Å². The summed E-state index contributed by atoms with van der Waals surface area (Å²) in [5, 5.41) is 17.0. The molecule has 1 aliphatic carbocycles. The fourth-order valence-electron chi connectivity index (χ4n) is 5.65. The summed E-state index contributed by atoms with van der Waals surface area (Å²) in [5.74, 6) is 2.10. The molecule has 0 radical (unpaired) electrons. The standard InChI is InChI=1S/C17H17Cl.C17H17NO2S.C2H6/c1-11(2)16-14-8-4-3-6-12(14)10-13-7-5-9-15(18)17(13)16;1-2-21-20-15-9-5-8-13-16(15)14(10-19)11-6-3-4-7-12(11)17(13)18;1-2/h4-5,7-11H,3,6H2,1-2H3;3-9,19H,2,10,18H2,1H3;1-2H3. The van der Waals surface area contributed by atoms with E-state index in [1.807, 2.05) is 75.4 Å². The second-order valence-electron chi connectivity index (χ2n) is 10.1. The smallest absolute Gasteiger partial charge is 0.145 e. The Morgan fingerprint density at radius 2 is 1.66 bits per heavy atom. The van der Waals surface area contributed by atoms with Gasteiger partial charge in [0.2, 0.25) is 0 Å². The summed E-state index contributed by atoms with van der Waals surface area (Å²) >= 11 is 7.81. The Hall–Kier alpha value is -3.18. The topological polar surface area (TPSA) is 55.5 Å². The quantitative estimate of drug-likeness (QED) is 0.122. The SMILES string of the molecule is CC.CC(C)c1c2c(cc3cccc(Cl)c13)CCC=C2.CCSOc1cccc2c(N)c3ccccc3c(CO)c12. The fourth-order valence-corrected chi connectivity index (χ4v) is 6.31. The number of fused-ring (bicyclic) bond motifs is 4. The number of aryl methyl sites for hydroxylation is 1. The highest BCUT2D eigenvalue weighted by Gasteiger charge is 2.18. The summed E-state index contributed by atoms with van der Waals surface area (Å²) < 4.78 is 5.76. The van der Waals surface area contributed by atoms with E-state index in [0.29, 0.717) is 5.92 Å². The number of allylic oxidation sites excluding steroid dienone is 1. The lowest BCUT2D eigenvalue weighted by molar-refractivity contribution is 0.284. The lowest BCUT2D eigenvalue weighted by Gasteiger charge is -2.21. The molecule has 0 aromatic heterocycles. The van der Waals surface area contributed by atoms with Gasteiger partial charge in [0, 0.05) is 38.0 Å². The molecule has 0 atom stereocenters. The molecule has 0 heterocycles. The van der Waals surface area contributed by atoms with Gasteiger partial charge in [-0.25, -0.2) is 0 Å². The highest BCUT2D eigenvalue weighted by Crippen LogP contribution is 2.41. The van der Waals surface area contributed by atoms with Gasteiger partial charge in [0.15, 0.2) is 0 Å². The molecule has 0 fully saturated rings. The van der Waals surface area contributed by atoms with Gasteiger partial charge in [-0.3, -0.25) is 0 Å². The molecule has 5 aromatic rings. The highest BCUT2D eigenvalue weighted by molar-refractivity contribution is 7.94. The highest BCUT2D eigenvalue weighted by atomic mass is 35.5. The lowest BCUT2D eigenvalue weighted by atomic mass is 9.84. The number of anilines is 1. The van der Waals surface area contributed by atoms with Gasteiger partial charge in [0.25, 0.3) is 0 Å². The summed E-state index contributed by atoms with van der Waals surface area (Å²) in [7, 11) is 0. The van der Waals surface area contributed by atoms with E-state index in [0.717, 1.165) is 62.2 Å². The molecule has 0 amide bonds. The second-order valence-corrected chi connectivity index (χ2v) is 11.4. The number of benzene rings is 5. The van der Waals surface area contributed by atoms with Crippen LogP contribution in [0.4, 0.5) is 5.69 Å². The maximum atomic E-state index is 9.87. The number of hydrogen-bond acceptors (Lipinski definition) is 4. The van der Waals surface area contributed by atoms with E-state index in [2.05, 4.69) is 38.1 Å². The van der Waals surface area contributed by atoms with Crippen molar-refractivity contribution in [2.45, 2.75) is 60.0 Å². The van der Waals surface area contributed by atoms with E-state index in [4.69, 9.17) is 21.5 Å². The van der Waals surface area contributed by atoms with E-state index in [-0.39, 0.29) is 6.61 Å². The van der Waals surface area contributed by atoms with Crippen LogP contribution < -0.4 is 9.92 Å². The summed E-state index contributed by atoms with van der Waals surface area (Å²) in [6.45, 7) is 10.5. The van der Waals surface area contributed by atoms with Crippen LogP contribution in [0.1, 0.15) is 69.2 Å². The molecule has 0 unspecified atom stereocenters. The third-order valence-corrected chi connectivity index (χ3v) is 8.16. The molecule has 0 saturated heterocycles. The van der Waals surface area contributed by atoms with Gasteiger partial charge in [0.05, 0.1) is 18.6 Å². The molecule has 5 heteroatoms. The van der Waals surface area contributed by atoms with Crippen molar-refractivity contribution in [1.29, 1.82) is 0 Å². The minimum atomic E-state index is -0.0472. The number of nitrogens with two attached hydrogens (primary N) is 1. The van der Waals surface area contributed by atoms with Gasteiger partial charge in [-0.1, -0.05) is 113 Å². The molecule has 41 heavy (non-hydrogen) atoms. The molecule has 1 aliphatic rings. The van der Waals surface area contributed by atoms with Crippen LogP contribution in [-0.2, 0) is 13.0 Å². The van der Waals surface area contributed by atoms with Crippen molar-refractivity contribution in [1.82, 2.24) is 0 Å². The predicted molar refractivity (Wildman–Crippen MR) is 182 cm³/mol. The van der Waals surface area contributed by atoms with Crippen molar-refractivity contribution in [3.63, 3.8) is 0 Å². The van der Waals surface area contributed by atoms with Crippen LogP contribution in [0.5, 0.6) is 5.75 Å². The van der Waals surface area contributed by atoms with Gasteiger partial charge >= 0.3 is 0 Å². The van der Waals surface area contributed by atoms with Gasteiger partial charge in [-0.15, -0.1) is 0 Å². The summed E-state index contributed by atoms with van der Waals surface area (Å²) in [6.07, 6.45) is 6.85. The number of aliphatic hydroxyl groups excluding tert-OH is 1. The van der Waals surface area contributed by atoms with Crippen LogP contribution in [0.2, 0.25) is 5.02 Å². The zero-order chi connectivity index (χ0) is 29.5. The van der Waals surface area contributed by atoms with Gasteiger partial charge < -0.3 is 15.0 Å². The maximum absolute atomic E-state index is 9.87. The van der Waals surface area contributed by atoms with Gasteiger partial charge in [0.1, 0.15) is 5.75 Å². The first-order valence-electron chi connectivity index (χ1n) is 14.5. The summed E-state index contributed by atoms with van der Waals surface area (Å²) in [4.78, 5) is 0. The van der Waals surface area contributed by atoms with E-state index in [1.165, 1.54) is 39.5 Å². The number of halogens is 1. The van der Waals surface area contributed by atoms with Crippen LogP contribution in [0, 0.1) is 0 Å². The van der Waals surface area contributed by atoms with Crippen molar-refractivity contribution >= 4 is 67.7 Å². The Kier molecular flexibility index (Phi) is 10.6. The first kappa shape index (κ1) is 30.8. The molecule has 214 valence electrons. The van der Waals surface area contributed by atoms with Crippen molar-refractivity contribution in [2.75, 3.05) is 11.5 Å². The minimum absolute atomic E-state index is 0.0472. The lowest BCUT2D eigenvalue weighted by Crippen LogP contribution is -2.02. The molecule has 3 N–H and O–H groups in total. The largest absolute Gasteiger partial charge is 0.425 e. The molecular formula is C36H40ClNO2S. The number of rotatable bonds is 5. The van der Waals surface area contributed by atoms with E-state index in [9.17, 15) is 5.11 Å². The zero-order valence-corrected chi connectivity index (χ0v) is 26.2. The van der Waals surface area contributed by atoms with Crippen molar-refractivity contribution in [2.24, 2.45) is 0 Å². The predicted octanol–water partition coefficient (Wildman–Crippen LogP) is 10.7. The van der Waals surface area contributed by atoms with Crippen LogP contribution in [0.3, 0.4) is 0 Å². The van der Waals surface area contributed by atoms with E-state index < -0.39 is 0 Å². The van der Waals surface area contributed by atoms with Crippen LogP contribution >= 0.6 is 23.6 Å². The Labute approximate surface area is 253 Å². The van der Waals surface area contributed by atoms with Crippen LogP contribution in [0.25, 0.3) is 38.4 Å². The first-order chi connectivity index (χ1) is 20.0. The number of nitrogen functional groups attached to an aromatic ring is 1.